The van der Waals surface area contributed by atoms with Gasteiger partial charge in [-0.3, -0.25) is 4.79 Å². The van der Waals surface area contributed by atoms with Gasteiger partial charge in [-0.2, -0.15) is 0 Å². The maximum atomic E-state index is 11.0. The Labute approximate surface area is 139 Å². The number of esters is 1. The molecule has 0 radical (unpaired) electrons. The minimum absolute atomic E-state index is 0.0181. The Balaban J connectivity index is 0.000000461. The average Bonchev–Trinajstić information content (AvgIpc) is 2.42. The summed E-state index contributed by atoms with van der Waals surface area (Å²) >= 11 is 3.36. The summed E-state index contributed by atoms with van der Waals surface area (Å²) < 4.78 is 27.1. The molecule has 124 valence electrons. The third-order valence-corrected chi connectivity index (χ3v) is 3.98. The lowest BCUT2D eigenvalue weighted by Crippen LogP contribution is -2.38. The highest BCUT2D eigenvalue weighted by molar-refractivity contribution is 9.10. The van der Waals surface area contributed by atoms with Gasteiger partial charge in [-0.25, -0.2) is 13.2 Å². The van der Waals surface area contributed by atoms with Crippen LogP contribution in [0.2, 0.25) is 0 Å². The van der Waals surface area contributed by atoms with Crippen LogP contribution in [0.1, 0.15) is 12.0 Å². The summed E-state index contributed by atoms with van der Waals surface area (Å²) in [6.45, 7) is 2.07. The van der Waals surface area contributed by atoms with E-state index in [4.69, 9.17) is 0 Å². The first-order chi connectivity index (χ1) is 10.2. The van der Waals surface area contributed by atoms with Crippen LogP contribution >= 0.6 is 15.9 Å². The molecule has 8 heteroatoms. The molecule has 6 nitrogen and oxygen atoms in total. The molecule has 22 heavy (non-hydrogen) atoms. The van der Waals surface area contributed by atoms with E-state index in [0.29, 0.717) is 6.41 Å². The predicted molar refractivity (Wildman–Crippen MR) is 88.2 cm³/mol. The van der Waals surface area contributed by atoms with E-state index in [0.717, 1.165) is 10.7 Å². The molecule has 1 amide bonds. The number of carbonyl (C=O) groups is 2. The van der Waals surface area contributed by atoms with Crippen molar-refractivity contribution in [1.29, 1.82) is 0 Å². The van der Waals surface area contributed by atoms with Crippen molar-refractivity contribution in [3.63, 3.8) is 0 Å². The number of ether oxygens (including phenoxy) is 1. The third kappa shape index (κ3) is 10.3. The Hall–Kier alpha value is -1.41. The number of hydrogen-bond donors (Lipinski definition) is 1. The molecule has 0 spiro atoms. The van der Waals surface area contributed by atoms with Crippen LogP contribution in [0, 0.1) is 6.92 Å². The lowest BCUT2D eigenvalue weighted by Gasteiger charge is -2.12. The highest BCUT2D eigenvalue weighted by Crippen LogP contribution is 2.09. The maximum Gasteiger partial charge on any atom is 0.328 e. The van der Waals surface area contributed by atoms with E-state index < -0.39 is 21.8 Å². The molecular weight excluding hydrogens is 374 g/mol. The summed E-state index contributed by atoms with van der Waals surface area (Å²) in [7, 11) is -1.97. The number of benzene rings is 1. The number of amides is 1. The number of aryl methyl sites for hydroxylation is 1. The molecule has 0 unspecified atom stereocenters. The van der Waals surface area contributed by atoms with E-state index in [-0.39, 0.29) is 12.2 Å². The highest BCUT2D eigenvalue weighted by Gasteiger charge is 2.19. The van der Waals surface area contributed by atoms with Crippen molar-refractivity contribution in [2.45, 2.75) is 19.4 Å². The normalized spacial score (nSPS) is 11.6. The molecule has 0 aliphatic carbocycles. The lowest BCUT2D eigenvalue weighted by molar-refractivity contribution is -0.144. The number of methoxy groups -OCH3 is 1. The predicted octanol–water partition coefficient (Wildman–Crippen LogP) is 1.47. The molecular formula is C14H20BrNO5S. The third-order valence-electron chi connectivity index (χ3n) is 2.51. The van der Waals surface area contributed by atoms with Crippen molar-refractivity contribution in [3.8, 4) is 0 Å². The smallest absolute Gasteiger partial charge is 0.328 e. The monoisotopic (exact) mass is 393 g/mol. The van der Waals surface area contributed by atoms with E-state index in [9.17, 15) is 18.0 Å². The first kappa shape index (κ1) is 20.6. The Bertz CT molecular complexity index is 571. The van der Waals surface area contributed by atoms with Crippen molar-refractivity contribution in [2.75, 3.05) is 19.1 Å². The van der Waals surface area contributed by atoms with Crippen LogP contribution < -0.4 is 5.32 Å². The zero-order valence-corrected chi connectivity index (χ0v) is 15.1. The van der Waals surface area contributed by atoms with E-state index in [1.54, 1.807) is 0 Å². The molecule has 0 heterocycles. The zero-order chi connectivity index (χ0) is 17.2. The second-order valence-electron chi connectivity index (χ2n) is 4.58. The van der Waals surface area contributed by atoms with Gasteiger partial charge in [0.15, 0.2) is 0 Å². The number of carbonyl (C=O) groups excluding carboxylic acids is 2. The molecule has 1 N–H and O–H groups in total. The van der Waals surface area contributed by atoms with Crippen LogP contribution in [0.3, 0.4) is 0 Å². The molecule has 1 atom stereocenters. The molecule has 0 aliphatic rings. The number of rotatable bonds is 6. The van der Waals surface area contributed by atoms with Crippen LogP contribution in [0.15, 0.2) is 28.7 Å². The molecule has 0 saturated heterocycles. The van der Waals surface area contributed by atoms with Gasteiger partial charge in [0.2, 0.25) is 6.41 Å². The topological polar surface area (TPSA) is 89.5 Å². The van der Waals surface area contributed by atoms with Crippen LogP contribution in [0.25, 0.3) is 0 Å². The quantitative estimate of drug-likeness (QED) is 0.583. The van der Waals surface area contributed by atoms with Gasteiger partial charge in [0.1, 0.15) is 15.9 Å². The molecule has 0 fully saturated rings. The molecule has 1 aromatic rings. The summed E-state index contributed by atoms with van der Waals surface area (Å²) in [5.41, 5.74) is 1.29. The summed E-state index contributed by atoms with van der Waals surface area (Å²) in [5.74, 6) is -0.825. The highest BCUT2D eigenvalue weighted by atomic mass is 79.9. The van der Waals surface area contributed by atoms with Crippen LogP contribution in [0.4, 0.5) is 0 Å². The fourth-order valence-corrected chi connectivity index (χ4v) is 2.61. The van der Waals surface area contributed by atoms with Gasteiger partial charge in [0.25, 0.3) is 0 Å². The second-order valence-corrected chi connectivity index (χ2v) is 7.75. The van der Waals surface area contributed by atoms with Crippen molar-refractivity contribution >= 4 is 38.1 Å². The number of halogens is 1. The Morgan fingerprint density at radius 2 is 2.09 bits per heavy atom. The van der Waals surface area contributed by atoms with E-state index in [2.05, 4.69) is 45.0 Å². The Morgan fingerprint density at radius 1 is 1.45 bits per heavy atom. The number of nitrogens with one attached hydrogen (secondary N) is 1. The Kier molecular flexibility index (Phi) is 9.68. The van der Waals surface area contributed by atoms with Crippen molar-refractivity contribution in [2.24, 2.45) is 0 Å². The second kappa shape index (κ2) is 10.3. The van der Waals surface area contributed by atoms with Gasteiger partial charge in [-0.15, -0.1) is 0 Å². The Morgan fingerprint density at radius 3 is 2.45 bits per heavy atom. The van der Waals surface area contributed by atoms with Gasteiger partial charge in [0, 0.05) is 10.7 Å². The van der Waals surface area contributed by atoms with Crippen molar-refractivity contribution in [3.05, 3.63) is 34.3 Å². The summed E-state index contributed by atoms with van der Waals surface area (Å²) in [6, 6.07) is 7.31. The molecule has 0 aliphatic heterocycles. The van der Waals surface area contributed by atoms with E-state index >= 15 is 0 Å². The van der Waals surface area contributed by atoms with Gasteiger partial charge in [0.05, 0.1) is 12.9 Å². The fourth-order valence-electron chi connectivity index (χ4n) is 1.43. The first-order valence-corrected chi connectivity index (χ1v) is 9.22. The molecule has 0 saturated carbocycles. The summed E-state index contributed by atoms with van der Waals surface area (Å²) in [6.07, 6.45) is 1.41. The number of sulfone groups is 1. The van der Waals surface area contributed by atoms with E-state index in [1.807, 2.05) is 12.1 Å². The van der Waals surface area contributed by atoms with E-state index in [1.165, 1.54) is 12.7 Å². The van der Waals surface area contributed by atoms with Crippen molar-refractivity contribution in [1.82, 2.24) is 5.32 Å². The maximum absolute atomic E-state index is 11.0. The zero-order valence-electron chi connectivity index (χ0n) is 12.7. The fraction of sp³-hybridized carbons (Fsp3) is 0.429. The molecule has 0 bridgehead atoms. The molecule has 1 aromatic carbocycles. The molecule has 1 rings (SSSR count). The lowest BCUT2D eigenvalue weighted by atomic mass is 10.2. The minimum Gasteiger partial charge on any atom is -0.467 e. The van der Waals surface area contributed by atoms with Gasteiger partial charge in [-0.05, 0) is 25.5 Å². The average molecular weight is 394 g/mol. The van der Waals surface area contributed by atoms with Crippen LogP contribution in [-0.2, 0) is 24.2 Å². The van der Waals surface area contributed by atoms with Gasteiger partial charge < -0.3 is 10.1 Å². The molecule has 0 aromatic heterocycles. The van der Waals surface area contributed by atoms with Gasteiger partial charge >= 0.3 is 5.97 Å². The summed E-state index contributed by atoms with van der Waals surface area (Å²) in [5, 5.41) is 2.19. The first-order valence-electron chi connectivity index (χ1n) is 6.37. The standard InChI is InChI=1S/C7H7Br.C7H13NO5S/c1-6-3-2-4-7(8)5-6;1-13-7(10)6(8-5-9)3-4-14(2,11)12/h2-5H,1H3;5-6H,3-4H2,1-2H3,(H,8,9)/t;6-/m.0/s1. The van der Waals surface area contributed by atoms with Crippen LogP contribution in [0.5, 0.6) is 0 Å². The number of hydrogen-bond acceptors (Lipinski definition) is 5. The minimum atomic E-state index is -3.14. The van der Waals surface area contributed by atoms with Crippen LogP contribution in [-0.4, -0.2) is 46.0 Å². The van der Waals surface area contributed by atoms with Gasteiger partial charge in [-0.1, -0.05) is 33.6 Å². The largest absolute Gasteiger partial charge is 0.467 e. The van der Waals surface area contributed by atoms with Crippen molar-refractivity contribution < 1.29 is 22.7 Å². The SMILES string of the molecule is COC(=O)[C@H](CCS(C)(=O)=O)NC=O.Cc1cccc(Br)c1. The summed E-state index contributed by atoms with van der Waals surface area (Å²) in [4.78, 5) is 21.1.